The summed E-state index contributed by atoms with van der Waals surface area (Å²) in [6.07, 6.45) is 2.50. The molecule has 0 N–H and O–H groups in total. The van der Waals surface area contributed by atoms with Crippen molar-refractivity contribution in [2.45, 2.75) is 19.8 Å². The van der Waals surface area contributed by atoms with Crippen LogP contribution in [0, 0.1) is 0 Å². The number of nitrogens with zero attached hydrogens (tertiary/aromatic N) is 3. The Bertz CT molecular complexity index is 508. The Kier molecular flexibility index (Phi) is 4.96. The van der Waals surface area contributed by atoms with Crippen LogP contribution in [0.4, 0.5) is 11.4 Å². The SMILES string of the molecule is CCCCN1CN(c2ccccc2)CN(c2ccccc2)C1. The zero-order valence-corrected chi connectivity index (χ0v) is 13.4. The van der Waals surface area contributed by atoms with E-state index in [9.17, 15) is 0 Å². The zero-order valence-electron chi connectivity index (χ0n) is 13.4. The zero-order chi connectivity index (χ0) is 15.2. The monoisotopic (exact) mass is 295 g/mol. The number of para-hydroxylation sites is 2. The molecule has 1 fully saturated rings. The van der Waals surface area contributed by atoms with Crippen LogP contribution in [-0.2, 0) is 0 Å². The van der Waals surface area contributed by atoms with E-state index in [2.05, 4.69) is 82.3 Å². The molecule has 0 radical (unpaired) electrons. The molecule has 2 aromatic rings. The van der Waals surface area contributed by atoms with Gasteiger partial charge in [0, 0.05) is 17.9 Å². The van der Waals surface area contributed by atoms with E-state index < -0.39 is 0 Å². The second-order valence-electron chi connectivity index (χ2n) is 5.92. The Morgan fingerprint density at radius 1 is 0.727 bits per heavy atom. The van der Waals surface area contributed by atoms with Crippen molar-refractivity contribution in [3.63, 3.8) is 0 Å². The molecule has 1 aliphatic rings. The van der Waals surface area contributed by atoms with Crippen molar-refractivity contribution in [3.05, 3.63) is 60.7 Å². The van der Waals surface area contributed by atoms with Crippen molar-refractivity contribution in [1.82, 2.24) is 4.90 Å². The van der Waals surface area contributed by atoms with Crippen molar-refractivity contribution < 1.29 is 0 Å². The highest BCUT2D eigenvalue weighted by molar-refractivity contribution is 5.52. The normalized spacial score (nSPS) is 16.0. The van der Waals surface area contributed by atoms with Gasteiger partial charge >= 0.3 is 0 Å². The summed E-state index contributed by atoms with van der Waals surface area (Å²) >= 11 is 0. The third kappa shape index (κ3) is 3.60. The molecule has 0 aliphatic carbocycles. The molecule has 0 amide bonds. The molecule has 3 rings (SSSR count). The van der Waals surface area contributed by atoms with Crippen molar-refractivity contribution in [2.24, 2.45) is 0 Å². The highest BCUT2D eigenvalue weighted by atomic mass is 15.5. The molecular formula is C19H25N3. The van der Waals surface area contributed by atoms with Crippen LogP contribution in [-0.4, -0.2) is 31.5 Å². The first-order valence-electron chi connectivity index (χ1n) is 8.19. The summed E-state index contributed by atoms with van der Waals surface area (Å²) in [5.74, 6) is 0. The van der Waals surface area contributed by atoms with Crippen molar-refractivity contribution in [3.8, 4) is 0 Å². The van der Waals surface area contributed by atoms with E-state index in [1.165, 1.54) is 24.2 Å². The summed E-state index contributed by atoms with van der Waals surface area (Å²) in [7, 11) is 0. The lowest BCUT2D eigenvalue weighted by atomic mass is 10.2. The Morgan fingerprint density at radius 2 is 1.23 bits per heavy atom. The van der Waals surface area contributed by atoms with Crippen LogP contribution < -0.4 is 9.80 Å². The highest BCUT2D eigenvalue weighted by Gasteiger charge is 2.23. The fourth-order valence-corrected chi connectivity index (χ4v) is 2.95. The van der Waals surface area contributed by atoms with E-state index in [0.29, 0.717) is 0 Å². The van der Waals surface area contributed by atoms with Gasteiger partial charge in [-0.1, -0.05) is 49.7 Å². The molecular weight excluding hydrogens is 270 g/mol. The van der Waals surface area contributed by atoms with Crippen LogP contribution in [0.5, 0.6) is 0 Å². The molecule has 1 aliphatic heterocycles. The molecule has 1 heterocycles. The third-order valence-corrected chi connectivity index (χ3v) is 4.15. The second-order valence-corrected chi connectivity index (χ2v) is 5.92. The number of hydrogen-bond donors (Lipinski definition) is 0. The molecule has 0 saturated carbocycles. The quantitative estimate of drug-likeness (QED) is 0.826. The van der Waals surface area contributed by atoms with Crippen molar-refractivity contribution >= 4 is 11.4 Å². The fraction of sp³-hybridized carbons (Fsp3) is 0.368. The van der Waals surface area contributed by atoms with Crippen LogP contribution >= 0.6 is 0 Å². The Hall–Kier alpha value is -2.00. The Morgan fingerprint density at radius 3 is 1.68 bits per heavy atom. The van der Waals surface area contributed by atoms with E-state index in [-0.39, 0.29) is 0 Å². The van der Waals surface area contributed by atoms with Gasteiger partial charge in [-0.3, -0.25) is 4.90 Å². The summed E-state index contributed by atoms with van der Waals surface area (Å²) < 4.78 is 0. The van der Waals surface area contributed by atoms with Gasteiger partial charge < -0.3 is 9.80 Å². The molecule has 116 valence electrons. The van der Waals surface area contributed by atoms with Crippen LogP contribution in [0.15, 0.2) is 60.7 Å². The molecule has 0 spiro atoms. The van der Waals surface area contributed by atoms with Crippen LogP contribution in [0.2, 0.25) is 0 Å². The highest BCUT2D eigenvalue weighted by Crippen LogP contribution is 2.22. The van der Waals surface area contributed by atoms with Gasteiger partial charge in [-0.2, -0.15) is 0 Å². The number of rotatable bonds is 5. The lowest BCUT2D eigenvalue weighted by Crippen LogP contribution is -2.55. The summed E-state index contributed by atoms with van der Waals surface area (Å²) in [6.45, 7) is 6.37. The molecule has 3 heteroatoms. The van der Waals surface area contributed by atoms with Gasteiger partial charge in [-0.05, 0) is 30.7 Å². The van der Waals surface area contributed by atoms with Crippen molar-refractivity contribution in [1.29, 1.82) is 0 Å². The number of benzene rings is 2. The predicted octanol–water partition coefficient (Wildman–Crippen LogP) is 3.99. The maximum Gasteiger partial charge on any atom is 0.0928 e. The van der Waals surface area contributed by atoms with E-state index in [4.69, 9.17) is 0 Å². The average molecular weight is 295 g/mol. The van der Waals surface area contributed by atoms with Gasteiger partial charge in [0.2, 0.25) is 0 Å². The van der Waals surface area contributed by atoms with E-state index in [1.807, 2.05) is 0 Å². The van der Waals surface area contributed by atoms with Gasteiger partial charge in [-0.25, -0.2) is 0 Å². The Balaban J connectivity index is 1.79. The molecule has 0 atom stereocenters. The average Bonchev–Trinajstić information content (AvgIpc) is 2.61. The molecule has 1 saturated heterocycles. The molecule has 2 aromatic carbocycles. The largest absolute Gasteiger partial charge is 0.341 e. The third-order valence-electron chi connectivity index (χ3n) is 4.15. The van der Waals surface area contributed by atoms with Gasteiger partial charge in [-0.15, -0.1) is 0 Å². The lowest BCUT2D eigenvalue weighted by Gasteiger charge is -2.44. The maximum atomic E-state index is 2.53. The molecule has 0 bridgehead atoms. The minimum absolute atomic E-state index is 0.941. The number of anilines is 2. The van der Waals surface area contributed by atoms with Gasteiger partial charge in [0.1, 0.15) is 0 Å². The first-order valence-corrected chi connectivity index (χ1v) is 8.19. The van der Waals surface area contributed by atoms with Crippen LogP contribution in [0.25, 0.3) is 0 Å². The molecule has 3 nitrogen and oxygen atoms in total. The van der Waals surface area contributed by atoms with Crippen LogP contribution in [0.1, 0.15) is 19.8 Å². The van der Waals surface area contributed by atoms with Gasteiger partial charge in [0.05, 0.1) is 20.0 Å². The molecule has 22 heavy (non-hydrogen) atoms. The minimum atomic E-state index is 0.941. The standard InChI is InChI=1S/C19H25N3/c1-2-3-14-20-15-21(18-10-6-4-7-11-18)17-22(16-20)19-12-8-5-9-13-19/h4-13H,2-3,14-17H2,1H3. The first-order chi connectivity index (χ1) is 10.9. The fourth-order valence-electron chi connectivity index (χ4n) is 2.95. The minimum Gasteiger partial charge on any atom is -0.341 e. The predicted molar refractivity (Wildman–Crippen MR) is 94.1 cm³/mol. The van der Waals surface area contributed by atoms with E-state index in [1.54, 1.807) is 0 Å². The number of unbranched alkanes of at least 4 members (excludes halogenated alkanes) is 1. The lowest BCUT2D eigenvalue weighted by molar-refractivity contribution is 0.238. The summed E-state index contributed by atoms with van der Waals surface area (Å²) in [6, 6.07) is 21.4. The number of hydrogen-bond acceptors (Lipinski definition) is 3. The Labute approximate surface area is 133 Å². The molecule has 0 unspecified atom stereocenters. The van der Waals surface area contributed by atoms with E-state index in [0.717, 1.165) is 26.6 Å². The van der Waals surface area contributed by atoms with Gasteiger partial charge in [0.15, 0.2) is 0 Å². The maximum absolute atomic E-state index is 2.53. The summed E-state index contributed by atoms with van der Waals surface area (Å²) in [5, 5.41) is 0. The van der Waals surface area contributed by atoms with Gasteiger partial charge in [0.25, 0.3) is 0 Å². The smallest absolute Gasteiger partial charge is 0.0928 e. The summed E-state index contributed by atoms with van der Waals surface area (Å²) in [5.41, 5.74) is 2.59. The topological polar surface area (TPSA) is 9.72 Å². The van der Waals surface area contributed by atoms with Crippen LogP contribution in [0.3, 0.4) is 0 Å². The van der Waals surface area contributed by atoms with Crippen molar-refractivity contribution in [2.75, 3.05) is 36.4 Å². The summed E-state index contributed by atoms with van der Waals surface area (Å²) in [4.78, 5) is 7.44. The second kappa shape index (κ2) is 7.32. The first kappa shape index (κ1) is 14.9. The van der Waals surface area contributed by atoms with E-state index >= 15 is 0 Å². The molecule has 0 aromatic heterocycles.